The molecule has 0 bridgehead atoms. The Bertz CT molecular complexity index is 104. The Labute approximate surface area is 89.4 Å². The first-order valence-electron chi connectivity index (χ1n) is 2.66. The van der Waals surface area contributed by atoms with Crippen LogP contribution in [0.4, 0.5) is 21.7 Å². The minimum absolute atomic E-state index is 0.148. The molecule has 0 amide bonds. The zero-order valence-corrected chi connectivity index (χ0v) is 8.37. The molecule has 1 aliphatic carbocycles. The Balaban J connectivity index is 0.000000180. The summed E-state index contributed by atoms with van der Waals surface area (Å²) >= 11 is 0.358. The molecule has 0 spiro atoms. The van der Waals surface area contributed by atoms with Crippen molar-refractivity contribution in [2.24, 2.45) is 0 Å². The third kappa shape index (κ3) is 6.09. The van der Waals surface area contributed by atoms with E-state index in [0.29, 0.717) is 49.0 Å². The van der Waals surface area contributed by atoms with Crippen LogP contribution in [0.1, 0.15) is 6.42 Å². The van der Waals surface area contributed by atoms with Gasteiger partial charge in [0.05, 0.1) is 0 Å². The van der Waals surface area contributed by atoms with Gasteiger partial charge in [0, 0.05) is 0 Å². The number of hydrogen-bond acceptors (Lipinski definition) is 0. The van der Waals surface area contributed by atoms with Gasteiger partial charge in [-0.3, -0.25) is 12.9 Å². The fraction of sp³-hybridized carbons (Fsp3) is 1.00. The van der Waals surface area contributed by atoms with Gasteiger partial charge in [-0.15, -0.1) is 0 Å². The van der Waals surface area contributed by atoms with Crippen molar-refractivity contribution in [2.75, 3.05) is 0 Å². The Hall–Kier alpha value is 1.35. The van der Waals surface area contributed by atoms with Crippen molar-refractivity contribution in [1.82, 2.24) is 0 Å². The summed E-state index contributed by atoms with van der Waals surface area (Å²) in [4.78, 5) is 0. The molecule has 0 aliphatic heterocycles. The van der Waals surface area contributed by atoms with Crippen LogP contribution in [-0.4, -0.2) is 62.4 Å². The standard InChI is InChI=1S/C3H3F2.BF3.K/c4-3(5)1-2-3;2-1(3)4;/h1H,2H2;;. The molecule has 0 heterocycles. The van der Waals surface area contributed by atoms with Crippen LogP contribution in [0.3, 0.4) is 0 Å². The van der Waals surface area contributed by atoms with Crippen LogP contribution in [0.2, 0.25) is 0.0125 Å². The Morgan fingerprint density at radius 2 is 1.40 bits per heavy atom. The monoisotopic (exact) mass is 184 g/mol. The number of hydrogen-bond donors (Lipinski definition) is 0. The van der Waals surface area contributed by atoms with Gasteiger partial charge in [0.15, 0.2) is 0 Å². The molecule has 1 unspecified atom stereocenters. The first-order valence-corrected chi connectivity index (χ1v) is 4.46. The van der Waals surface area contributed by atoms with Crippen molar-refractivity contribution in [1.29, 1.82) is 0 Å². The summed E-state index contributed by atoms with van der Waals surface area (Å²) in [6.45, 7) is 0. The van der Waals surface area contributed by atoms with E-state index >= 15 is 0 Å². The molecule has 0 nitrogen and oxygen atoms in total. The third-order valence-electron chi connectivity index (χ3n) is 1.14. The van der Waals surface area contributed by atoms with E-state index in [1.165, 1.54) is 0 Å². The molecule has 1 fully saturated rings. The zero-order chi connectivity index (χ0) is 8.36. The van der Waals surface area contributed by atoms with Gasteiger partial charge in [-0.25, -0.2) is 0 Å². The van der Waals surface area contributed by atoms with Crippen LogP contribution in [0.25, 0.3) is 0 Å². The van der Waals surface area contributed by atoms with Crippen LogP contribution in [0.5, 0.6) is 0 Å². The van der Waals surface area contributed by atoms with Crippen LogP contribution >= 0.6 is 0 Å². The predicted octanol–water partition coefficient (Wildman–Crippen LogP) is 1.86. The summed E-state index contributed by atoms with van der Waals surface area (Å²) in [5.74, 6) is -2.21. The second kappa shape index (κ2) is 4.39. The summed E-state index contributed by atoms with van der Waals surface area (Å²) in [7, 11) is -3.67. The molecule has 1 rings (SSSR count). The SMILES string of the molecule is FB(F)F.FC1(F)C[CH]1[K]. The van der Waals surface area contributed by atoms with E-state index in [9.17, 15) is 21.7 Å². The first kappa shape index (κ1) is 11.4. The Kier molecular flexibility index (Phi) is 4.99. The van der Waals surface area contributed by atoms with Crippen molar-refractivity contribution in [2.45, 2.75) is 12.4 Å². The van der Waals surface area contributed by atoms with Crippen LogP contribution in [-0.2, 0) is 0 Å². The van der Waals surface area contributed by atoms with E-state index in [0.717, 1.165) is 0 Å². The molecule has 10 heavy (non-hydrogen) atoms. The summed E-state index contributed by atoms with van der Waals surface area (Å²) in [5, 5.41) is 0. The molecule has 1 saturated carbocycles. The zero-order valence-electron chi connectivity index (χ0n) is 5.25. The molecule has 1 atom stereocenters. The van der Waals surface area contributed by atoms with Gasteiger partial charge >= 0.3 is 77.6 Å². The third-order valence-corrected chi connectivity index (χ3v) is 3.10. The molecule has 54 valence electrons. The molecule has 0 aromatic carbocycles. The van der Waals surface area contributed by atoms with Crippen molar-refractivity contribution >= 4 is 56.5 Å². The van der Waals surface area contributed by atoms with Crippen LogP contribution in [0.15, 0.2) is 0 Å². The Morgan fingerprint density at radius 1 is 1.30 bits per heavy atom. The average Bonchev–Trinajstić information content (AvgIpc) is 2.08. The summed E-state index contributed by atoms with van der Waals surface area (Å²) in [6.07, 6.45) is 0.188. The summed E-state index contributed by atoms with van der Waals surface area (Å²) in [6, 6.07) is 0. The van der Waals surface area contributed by atoms with Gasteiger partial charge in [0.25, 0.3) is 0 Å². The quantitative estimate of drug-likeness (QED) is 0.398. The minimum atomic E-state index is -3.67. The van der Waals surface area contributed by atoms with E-state index < -0.39 is 13.5 Å². The molecule has 0 radical (unpaired) electrons. The van der Waals surface area contributed by atoms with Gasteiger partial charge in [-0.1, -0.05) is 0 Å². The fourth-order valence-electron chi connectivity index (χ4n) is 0.349. The molecule has 1 aliphatic rings. The first-order chi connectivity index (χ1) is 4.36. The van der Waals surface area contributed by atoms with Gasteiger partial charge in [-0.05, 0) is 0 Å². The van der Waals surface area contributed by atoms with Gasteiger partial charge in [0.1, 0.15) is 0 Å². The number of rotatable bonds is 0. The normalized spacial score (nSPS) is 26.5. The van der Waals surface area contributed by atoms with Crippen LogP contribution < -0.4 is 0 Å². The molecule has 0 saturated heterocycles. The van der Waals surface area contributed by atoms with E-state index in [2.05, 4.69) is 0 Å². The van der Waals surface area contributed by atoms with Crippen molar-refractivity contribution in [3.63, 3.8) is 0 Å². The van der Waals surface area contributed by atoms with Crippen molar-refractivity contribution in [3.8, 4) is 0 Å². The molecule has 0 aromatic rings. The molecule has 7 heteroatoms. The molecular formula is C3H3BF5K. The maximum absolute atomic E-state index is 11.6. The maximum atomic E-state index is 11.6. The number of halogens is 5. The average molecular weight is 184 g/mol. The Morgan fingerprint density at radius 3 is 1.40 bits per heavy atom. The van der Waals surface area contributed by atoms with E-state index in [4.69, 9.17) is 0 Å². The molecule has 0 aromatic heterocycles. The topological polar surface area (TPSA) is 0 Å². The van der Waals surface area contributed by atoms with E-state index in [1.54, 1.807) is 0 Å². The second-order valence-corrected chi connectivity index (χ2v) is 4.29. The molecule has 0 N–H and O–H groups in total. The number of alkyl halides is 2. The molecular weight excluding hydrogens is 181 g/mol. The fourth-order valence-corrected chi connectivity index (χ4v) is 1.20. The van der Waals surface area contributed by atoms with Crippen molar-refractivity contribution < 1.29 is 21.7 Å². The van der Waals surface area contributed by atoms with E-state index in [-0.39, 0.29) is 6.43 Å². The van der Waals surface area contributed by atoms with E-state index in [1.807, 2.05) is 0 Å². The van der Waals surface area contributed by atoms with Crippen LogP contribution in [0, 0.1) is 0 Å². The van der Waals surface area contributed by atoms with Gasteiger partial charge in [0.2, 0.25) is 0 Å². The predicted molar refractivity (Wildman–Crippen MR) is 28.1 cm³/mol. The summed E-state index contributed by atoms with van der Waals surface area (Å²) in [5.41, 5.74) is 0. The van der Waals surface area contributed by atoms with Gasteiger partial charge in [-0.2, -0.15) is 0 Å². The van der Waals surface area contributed by atoms with Crippen molar-refractivity contribution in [3.05, 3.63) is 0 Å². The second-order valence-electron chi connectivity index (χ2n) is 2.11. The van der Waals surface area contributed by atoms with Gasteiger partial charge < -0.3 is 0 Å². The summed E-state index contributed by atoms with van der Waals surface area (Å²) < 4.78 is 52.0.